The molecule has 106 valence electrons. The monoisotopic (exact) mass is 264 g/mol. The largest absolute Gasteiger partial charge is 0.382 e. The standard InChI is InChI=1S/C14H24N4O/c1-3-11(4-2)14(19)17-8-5-12(6-9-17)18-10-7-13(15)16-18/h7,10-12H,3-6,8-9H2,1-2H3,(H2,15,16). The third-order valence-electron chi connectivity index (χ3n) is 4.11. The molecule has 0 aromatic carbocycles. The molecule has 1 amide bonds. The highest BCUT2D eigenvalue weighted by Crippen LogP contribution is 2.24. The lowest BCUT2D eigenvalue weighted by molar-refractivity contribution is -0.137. The van der Waals surface area contributed by atoms with E-state index in [0.717, 1.165) is 38.8 Å². The summed E-state index contributed by atoms with van der Waals surface area (Å²) in [6.07, 6.45) is 5.73. The van der Waals surface area contributed by atoms with Crippen LogP contribution in [-0.2, 0) is 4.79 Å². The summed E-state index contributed by atoms with van der Waals surface area (Å²) in [5, 5.41) is 4.26. The number of nitrogens with two attached hydrogens (primary N) is 1. The first-order valence-electron chi connectivity index (χ1n) is 7.25. The summed E-state index contributed by atoms with van der Waals surface area (Å²) in [6, 6.07) is 2.20. The third kappa shape index (κ3) is 3.08. The molecule has 1 aromatic heterocycles. The van der Waals surface area contributed by atoms with Gasteiger partial charge in [-0.15, -0.1) is 0 Å². The fourth-order valence-corrected chi connectivity index (χ4v) is 2.80. The van der Waals surface area contributed by atoms with Gasteiger partial charge in [0.25, 0.3) is 0 Å². The van der Waals surface area contributed by atoms with Crippen LogP contribution in [0.15, 0.2) is 12.3 Å². The van der Waals surface area contributed by atoms with Crippen LogP contribution in [0.1, 0.15) is 45.6 Å². The Bertz CT molecular complexity index is 417. The molecule has 1 aliphatic rings. The molecule has 2 N–H and O–H groups in total. The molecule has 0 saturated carbocycles. The number of anilines is 1. The van der Waals surface area contributed by atoms with Crippen LogP contribution in [0, 0.1) is 5.92 Å². The average Bonchev–Trinajstić information content (AvgIpc) is 2.87. The van der Waals surface area contributed by atoms with Crippen molar-refractivity contribution in [1.82, 2.24) is 14.7 Å². The maximum atomic E-state index is 12.3. The minimum absolute atomic E-state index is 0.192. The molecule has 0 unspecified atom stereocenters. The molecule has 0 spiro atoms. The zero-order valence-electron chi connectivity index (χ0n) is 11.9. The Labute approximate surface area is 114 Å². The van der Waals surface area contributed by atoms with E-state index >= 15 is 0 Å². The van der Waals surface area contributed by atoms with Crippen LogP contribution in [0.25, 0.3) is 0 Å². The summed E-state index contributed by atoms with van der Waals surface area (Å²) in [7, 11) is 0. The number of nitrogen functional groups attached to an aromatic ring is 1. The van der Waals surface area contributed by atoms with Gasteiger partial charge < -0.3 is 10.6 Å². The Morgan fingerprint density at radius 1 is 1.42 bits per heavy atom. The number of rotatable bonds is 4. The number of carbonyl (C=O) groups excluding carboxylic acids is 1. The van der Waals surface area contributed by atoms with Crippen LogP contribution in [0.3, 0.4) is 0 Å². The van der Waals surface area contributed by atoms with Gasteiger partial charge in [-0.2, -0.15) is 5.10 Å². The van der Waals surface area contributed by atoms with Crippen molar-refractivity contribution < 1.29 is 4.79 Å². The molecule has 1 fully saturated rings. The van der Waals surface area contributed by atoms with E-state index in [4.69, 9.17) is 5.73 Å². The van der Waals surface area contributed by atoms with Gasteiger partial charge in [-0.25, -0.2) is 0 Å². The second-order valence-corrected chi connectivity index (χ2v) is 5.29. The molecule has 0 radical (unpaired) electrons. The minimum atomic E-state index is 0.192. The van der Waals surface area contributed by atoms with Crippen LogP contribution < -0.4 is 5.73 Å². The van der Waals surface area contributed by atoms with Gasteiger partial charge >= 0.3 is 0 Å². The van der Waals surface area contributed by atoms with Gasteiger partial charge in [-0.05, 0) is 31.7 Å². The van der Waals surface area contributed by atoms with Crippen molar-refractivity contribution in [1.29, 1.82) is 0 Å². The smallest absolute Gasteiger partial charge is 0.225 e. The number of likely N-dealkylation sites (tertiary alicyclic amines) is 1. The number of aromatic nitrogens is 2. The Balaban J connectivity index is 1.90. The number of amides is 1. The topological polar surface area (TPSA) is 64.2 Å². The number of piperidine rings is 1. The number of hydrogen-bond acceptors (Lipinski definition) is 3. The molecule has 0 aliphatic carbocycles. The maximum absolute atomic E-state index is 12.3. The van der Waals surface area contributed by atoms with Crippen molar-refractivity contribution >= 4 is 11.7 Å². The fraction of sp³-hybridized carbons (Fsp3) is 0.714. The molecule has 2 rings (SSSR count). The van der Waals surface area contributed by atoms with Crippen molar-refractivity contribution in [2.45, 2.75) is 45.6 Å². The normalized spacial score (nSPS) is 17.1. The van der Waals surface area contributed by atoms with E-state index in [1.54, 1.807) is 0 Å². The van der Waals surface area contributed by atoms with Crippen LogP contribution in [0.2, 0.25) is 0 Å². The molecule has 19 heavy (non-hydrogen) atoms. The lowest BCUT2D eigenvalue weighted by Crippen LogP contribution is -2.42. The molecular weight excluding hydrogens is 240 g/mol. The van der Waals surface area contributed by atoms with Gasteiger partial charge in [-0.3, -0.25) is 9.48 Å². The molecule has 2 heterocycles. The molecule has 5 nitrogen and oxygen atoms in total. The van der Waals surface area contributed by atoms with Gasteiger partial charge in [0.15, 0.2) is 0 Å². The molecule has 1 saturated heterocycles. The van der Waals surface area contributed by atoms with E-state index in [0.29, 0.717) is 17.8 Å². The van der Waals surface area contributed by atoms with E-state index < -0.39 is 0 Å². The molecule has 0 bridgehead atoms. The van der Waals surface area contributed by atoms with Gasteiger partial charge in [0, 0.05) is 25.2 Å². The molecule has 5 heteroatoms. The Morgan fingerprint density at radius 3 is 2.53 bits per heavy atom. The maximum Gasteiger partial charge on any atom is 0.225 e. The predicted molar refractivity (Wildman–Crippen MR) is 75.6 cm³/mol. The van der Waals surface area contributed by atoms with E-state index in [1.165, 1.54) is 0 Å². The van der Waals surface area contributed by atoms with Gasteiger partial charge in [-0.1, -0.05) is 13.8 Å². The van der Waals surface area contributed by atoms with E-state index in [9.17, 15) is 4.79 Å². The van der Waals surface area contributed by atoms with Crippen molar-refractivity contribution in [2.24, 2.45) is 5.92 Å². The predicted octanol–water partition coefficient (Wildman–Crippen LogP) is 2.07. The van der Waals surface area contributed by atoms with Crippen LogP contribution >= 0.6 is 0 Å². The summed E-state index contributed by atoms with van der Waals surface area (Å²) in [5.41, 5.74) is 5.64. The lowest BCUT2D eigenvalue weighted by Gasteiger charge is -2.34. The first-order chi connectivity index (χ1) is 9.15. The first kappa shape index (κ1) is 13.9. The van der Waals surface area contributed by atoms with E-state index in [-0.39, 0.29) is 5.92 Å². The van der Waals surface area contributed by atoms with Crippen molar-refractivity contribution in [3.05, 3.63) is 12.3 Å². The second kappa shape index (κ2) is 6.08. The number of hydrogen-bond donors (Lipinski definition) is 1. The number of carbonyl (C=O) groups is 1. The highest BCUT2D eigenvalue weighted by molar-refractivity contribution is 5.78. The molecule has 1 aliphatic heterocycles. The lowest BCUT2D eigenvalue weighted by atomic mass is 9.98. The Kier molecular flexibility index (Phi) is 4.45. The summed E-state index contributed by atoms with van der Waals surface area (Å²) in [4.78, 5) is 14.3. The van der Waals surface area contributed by atoms with Gasteiger partial charge in [0.2, 0.25) is 5.91 Å². The van der Waals surface area contributed by atoms with E-state index in [2.05, 4.69) is 18.9 Å². The molecule has 1 aromatic rings. The highest BCUT2D eigenvalue weighted by atomic mass is 16.2. The Morgan fingerprint density at radius 2 is 2.05 bits per heavy atom. The summed E-state index contributed by atoms with van der Waals surface area (Å²) >= 11 is 0. The van der Waals surface area contributed by atoms with Crippen molar-refractivity contribution in [2.75, 3.05) is 18.8 Å². The summed E-state index contributed by atoms with van der Waals surface area (Å²) < 4.78 is 1.94. The fourth-order valence-electron chi connectivity index (χ4n) is 2.80. The average molecular weight is 264 g/mol. The van der Waals surface area contributed by atoms with Gasteiger partial charge in [0.1, 0.15) is 5.82 Å². The van der Waals surface area contributed by atoms with Crippen LogP contribution in [-0.4, -0.2) is 33.7 Å². The zero-order valence-corrected chi connectivity index (χ0v) is 11.9. The molecular formula is C14H24N4O. The third-order valence-corrected chi connectivity index (χ3v) is 4.11. The summed E-state index contributed by atoms with van der Waals surface area (Å²) in [6.45, 7) is 5.84. The van der Waals surface area contributed by atoms with Crippen molar-refractivity contribution in [3.8, 4) is 0 Å². The zero-order chi connectivity index (χ0) is 13.8. The SMILES string of the molecule is CCC(CC)C(=O)N1CCC(n2ccc(N)n2)CC1. The second-order valence-electron chi connectivity index (χ2n) is 5.29. The van der Waals surface area contributed by atoms with Crippen molar-refractivity contribution in [3.63, 3.8) is 0 Å². The van der Waals surface area contributed by atoms with E-state index in [1.807, 2.05) is 21.8 Å². The quantitative estimate of drug-likeness (QED) is 0.905. The van der Waals surface area contributed by atoms with Gasteiger partial charge in [0.05, 0.1) is 6.04 Å². The first-order valence-corrected chi connectivity index (χ1v) is 7.25. The minimum Gasteiger partial charge on any atom is -0.382 e. The summed E-state index contributed by atoms with van der Waals surface area (Å²) in [5.74, 6) is 1.08. The van der Waals surface area contributed by atoms with Crippen LogP contribution in [0.5, 0.6) is 0 Å². The Hall–Kier alpha value is -1.52. The number of nitrogens with zero attached hydrogens (tertiary/aromatic N) is 3. The molecule has 0 atom stereocenters. The highest BCUT2D eigenvalue weighted by Gasteiger charge is 2.27. The van der Waals surface area contributed by atoms with Crippen LogP contribution in [0.4, 0.5) is 5.82 Å².